The summed E-state index contributed by atoms with van der Waals surface area (Å²) < 4.78 is 10.6. The van der Waals surface area contributed by atoms with Gasteiger partial charge in [-0.05, 0) is 44.0 Å². The fourth-order valence-electron chi connectivity index (χ4n) is 3.04. The Morgan fingerprint density at radius 3 is 2.59 bits per heavy atom. The third-order valence-corrected chi connectivity index (χ3v) is 5.72. The van der Waals surface area contributed by atoms with E-state index < -0.39 is 0 Å². The van der Waals surface area contributed by atoms with Crippen molar-refractivity contribution in [3.05, 3.63) is 28.8 Å². The molecular weight excluding hydrogens is 409 g/mol. The molecule has 2 aromatic rings. The highest BCUT2D eigenvalue weighted by atomic mass is 35.5. The van der Waals surface area contributed by atoms with E-state index in [2.05, 4.69) is 4.98 Å². The van der Waals surface area contributed by atoms with E-state index in [1.807, 2.05) is 30.0 Å². The first-order valence-corrected chi connectivity index (χ1v) is 9.08. The summed E-state index contributed by atoms with van der Waals surface area (Å²) >= 11 is 1.42. The van der Waals surface area contributed by atoms with Crippen LogP contribution in [0, 0.1) is 12.8 Å². The van der Waals surface area contributed by atoms with E-state index >= 15 is 0 Å². The Morgan fingerprint density at radius 2 is 2.00 bits per heavy atom. The lowest BCUT2D eigenvalue weighted by Crippen LogP contribution is -2.29. The van der Waals surface area contributed by atoms with Crippen LogP contribution in [0.5, 0.6) is 11.5 Å². The minimum Gasteiger partial charge on any atom is -0.493 e. The van der Waals surface area contributed by atoms with Gasteiger partial charge in [0.05, 0.1) is 19.9 Å². The zero-order chi connectivity index (χ0) is 18.0. The van der Waals surface area contributed by atoms with Gasteiger partial charge in [0.25, 0.3) is 5.91 Å². The number of likely N-dealkylation sites (tertiary alicyclic amines) is 1. The Bertz CT molecular complexity index is 785. The topological polar surface area (TPSA) is 77.7 Å². The lowest BCUT2D eigenvalue weighted by atomic mass is 10.1. The minimum absolute atomic E-state index is 0. The standard InChI is InChI=1S/C18H23N3O3S.2ClH/c1-11-16(18(22)21-7-6-12(9-19)10-21)25-17(20-11)13-4-5-14(23-2)15(8-13)24-3;;/h4-5,8,12H,6-7,9-10,19H2,1-3H3;2*1H. The van der Waals surface area contributed by atoms with Crippen molar-refractivity contribution in [2.75, 3.05) is 33.9 Å². The van der Waals surface area contributed by atoms with Gasteiger partial charge in [-0.25, -0.2) is 4.98 Å². The van der Waals surface area contributed by atoms with Gasteiger partial charge in [-0.2, -0.15) is 0 Å². The fourth-order valence-corrected chi connectivity index (χ4v) is 4.07. The molecule has 1 fully saturated rings. The van der Waals surface area contributed by atoms with Crippen molar-refractivity contribution >= 4 is 42.1 Å². The molecule has 2 N–H and O–H groups in total. The zero-order valence-electron chi connectivity index (χ0n) is 15.6. The van der Waals surface area contributed by atoms with Crippen LogP contribution in [0.3, 0.4) is 0 Å². The van der Waals surface area contributed by atoms with Crippen molar-refractivity contribution in [3.63, 3.8) is 0 Å². The third-order valence-electron chi connectivity index (χ3n) is 4.53. The van der Waals surface area contributed by atoms with Crippen molar-refractivity contribution in [1.82, 2.24) is 9.88 Å². The molecule has 0 aliphatic carbocycles. The van der Waals surface area contributed by atoms with Crippen molar-refractivity contribution in [1.29, 1.82) is 0 Å². The Hall–Kier alpha value is -1.54. The number of rotatable bonds is 5. The first-order valence-electron chi connectivity index (χ1n) is 8.26. The molecule has 1 aromatic carbocycles. The average Bonchev–Trinajstić information content (AvgIpc) is 3.27. The summed E-state index contributed by atoms with van der Waals surface area (Å²) in [7, 11) is 3.21. The molecule has 1 saturated heterocycles. The van der Waals surface area contributed by atoms with Gasteiger partial charge < -0.3 is 20.1 Å². The Morgan fingerprint density at radius 1 is 1.30 bits per heavy atom. The van der Waals surface area contributed by atoms with Gasteiger partial charge in [-0.15, -0.1) is 36.2 Å². The molecule has 1 aliphatic heterocycles. The van der Waals surface area contributed by atoms with E-state index in [1.165, 1.54) is 11.3 Å². The Balaban J connectivity index is 0.00000182. The van der Waals surface area contributed by atoms with E-state index in [0.29, 0.717) is 28.8 Å². The van der Waals surface area contributed by atoms with Crippen molar-refractivity contribution in [3.8, 4) is 22.1 Å². The normalized spacial score (nSPS) is 15.7. The predicted molar refractivity (Wildman–Crippen MR) is 113 cm³/mol. The van der Waals surface area contributed by atoms with Crippen LogP contribution in [0.1, 0.15) is 21.8 Å². The predicted octanol–water partition coefficient (Wildman–Crippen LogP) is 3.40. The molecule has 150 valence electrons. The van der Waals surface area contributed by atoms with Gasteiger partial charge in [0.1, 0.15) is 9.88 Å². The largest absolute Gasteiger partial charge is 0.493 e. The van der Waals surface area contributed by atoms with E-state index in [0.717, 1.165) is 35.8 Å². The third kappa shape index (κ3) is 4.85. The molecule has 27 heavy (non-hydrogen) atoms. The van der Waals surface area contributed by atoms with Crippen LogP contribution in [0.2, 0.25) is 0 Å². The number of aryl methyl sites for hydroxylation is 1. The number of thiazole rings is 1. The van der Waals surface area contributed by atoms with E-state index in [9.17, 15) is 4.79 Å². The summed E-state index contributed by atoms with van der Waals surface area (Å²) in [4.78, 5) is 20.0. The number of carbonyl (C=O) groups excluding carboxylic acids is 1. The van der Waals surface area contributed by atoms with E-state index in [-0.39, 0.29) is 30.7 Å². The molecule has 1 atom stereocenters. The zero-order valence-corrected chi connectivity index (χ0v) is 18.0. The number of aromatic nitrogens is 1. The van der Waals surface area contributed by atoms with Gasteiger partial charge in [0.15, 0.2) is 11.5 Å². The molecule has 1 aliphatic rings. The van der Waals surface area contributed by atoms with Gasteiger partial charge in [0, 0.05) is 18.7 Å². The number of ether oxygens (including phenoxy) is 2. The highest BCUT2D eigenvalue weighted by molar-refractivity contribution is 7.17. The number of methoxy groups -OCH3 is 2. The summed E-state index contributed by atoms with van der Waals surface area (Å²) in [5.74, 6) is 1.77. The lowest BCUT2D eigenvalue weighted by molar-refractivity contribution is 0.0791. The first kappa shape index (κ1) is 23.5. The highest BCUT2D eigenvalue weighted by Gasteiger charge is 2.28. The maximum atomic E-state index is 12.8. The SMILES string of the molecule is COc1ccc(-c2nc(C)c(C(=O)N3CCC(CN)C3)s2)cc1OC.Cl.Cl. The molecule has 0 radical (unpaired) electrons. The van der Waals surface area contributed by atoms with E-state index in [1.54, 1.807) is 14.2 Å². The minimum atomic E-state index is 0. The maximum Gasteiger partial charge on any atom is 0.265 e. The molecule has 2 heterocycles. The van der Waals surface area contributed by atoms with Crippen molar-refractivity contribution in [2.45, 2.75) is 13.3 Å². The van der Waals surface area contributed by atoms with Crippen LogP contribution in [-0.4, -0.2) is 49.6 Å². The summed E-state index contributed by atoms with van der Waals surface area (Å²) in [5, 5.41) is 0.802. The van der Waals surface area contributed by atoms with Crippen LogP contribution in [0.25, 0.3) is 10.6 Å². The summed E-state index contributed by atoms with van der Waals surface area (Å²) in [5.41, 5.74) is 7.39. The number of hydrogen-bond acceptors (Lipinski definition) is 6. The Labute approximate surface area is 175 Å². The molecule has 3 rings (SSSR count). The van der Waals surface area contributed by atoms with Gasteiger partial charge >= 0.3 is 0 Å². The van der Waals surface area contributed by atoms with Crippen LogP contribution < -0.4 is 15.2 Å². The lowest BCUT2D eigenvalue weighted by Gasteiger charge is -2.15. The quantitative estimate of drug-likeness (QED) is 0.781. The number of halogens is 2. The van der Waals surface area contributed by atoms with Crippen LogP contribution in [0.15, 0.2) is 18.2 Å². The molecule has 0 bridgehead atoms. The van der Waals surface area contributed by atoms with Crippen LogP contribution >= 0.6 is 36.2 Å². The smallest absolute Gasteiger partial charge is 0.265 e. The number of hydrogen-bond donors (Lipinski definition) is 1. The molecule has 0 saturated carbocycles. The molecule has 1 aromatic heterocycles. The number of nitrogens with two attached hydrogens (primary N) is 1. The average molecular weight is 434 g/mol. The number of benzene rings is 1. The van der Waals surface area contributed by atoms with Gasteiger partial charge in [-0.1, -0.05) is 0 Å². The Kier molecular flexibility index (Phi) is 8.81. The molecule has 1 amide bonds. The second kappa shape index (κ2) is 10.1. The summed E-state index contributed by atoms with van der Waals surface area (Å²) in [6.45, 7) is 4.01. The monoisotopic (exact) mass is 433 g/mol. The molecular formula is C18H25Cl2N3O3S. The summed E-state index contributed by atoms with van der Waals surface area (Å²) in [6.07, 6.45) is 0.975. The highest BCUT2D eigenvalue weighted by Crippen LogP contribution is 2.35. The molecule has 9 heteroatoms. The maximum absolute atomic E-state index is 12.8. The van der Waals surface area contributed by atoms with Crippen LogP contribution in [0.4, 0.5) is 0 Å². The molecule has 1 unspecified atom stereocenters. The number of amides is 1. The molecule has 0 spiro atoms. The van der Waals surface area contributed by atoms with Crippen molar-refractivity contribution in [2.24, 2.45) is 11.7 Å². The fraction of sp³-hybridized carbons (Fsp3) is 0.444. The van der Waals surface area contributed by atoms with E-state index in [4.69, 9.17) is 15.2 Å². The van der Waals surface area contributed by atoms with Crippen LogP contribution in [-0.2, 0) is 0 Å². The second-order valence-electron chi connectivity index (χ2n) is 6.14. The second-order valence-corrected chi connectivity index (χ2v) is 7.14. The van der Waals surface area contributed by atoms with Gasteiger partial charge in [0.2, 0.25) is 0 Å². The number of carbonyl (C=O) groups is 1. The van der Waals surface area contributed by atoms with Crippen molar-refractivity contribution < 1.29 is 14.3 Å². The summed E-state index contributed by atoms with van der Waals surface area (Å²) in [6, 6.07) is 5.65. The first-order chi connectivity index (χ1) is 12.1. The number of nitrogens with zero attached hydrogens (tertiary/aromatic N) is 2. The molecule has 6 nitrogen and oxygen atoms in total. The van der Waals surface area contributed by atoms with Gasteiger partial charge in [-0.3, -0.25) is 4.79 Å².